The molecule has 0 spiro atoms. The molecule has 0 saturated heterocycles. The van der Waals surface area contributed by atoms with E-state index in [2.05, 4.69) is 36.8 Å². The first-order valence-electron chi connectivity index (χ1n) is 10.3. The molecule has 0 atom stereocenters. The molecule has 5 aromatic rings. The van der Waals surface area contributed by atoms with Gasteiger partial charge in [0.05, 0.1) is 5.69 Å². The van der Waals surface area contributed by atoms with E-state index in [1.807, 2.05) is 61.5 Å². The van der Waals surface area contributed by atoms with E-state index in [-0.39, 0.29) is 11.0 Å². The van der Waals surface area contributed by atoms with Crippen LogP contribution in [0.25, 0.3) is 27.5 Å². The molecule has 0 radical (unpaired) electrons. The summed E-state index contributed by atoms with van der Waals surface area (Å²) in [5.74, 6) is -0.284. The van der Waals surface area contributed by atoms with Crippen LogP contribution >= 0.6 is 39.7 Å². The third-order valence-electron chi connectivity index (χ3n) is 5.37. The van der Waals surface area contributed by atoms with Crippen molar-refractivity contribution in [1.82, 2.24) is 20.3 Å². The van der Waals surface area contributed by atoms with Crippen LogP contribution in [-0.4, -0.2) is 26.0 Å². The van der Waals surface area contributed by atoms with Crippen LogP contribution in [0, 0.1) is 6.92 Å². The number of hydrogen-bond donors (Lipinski definition) is 2. The second-order valence-electron chi connectivity index (χ2n) is 7.67. The number of anilines is 1. The fraction of sp³-hybridized carbons (Fsp3) is 0.0400. The van der Waals surface area contributed by atoms with Gasteiger partial charge in [-0.25, -0.2) is 0 Å². The zero-order valence-electron chi connectivity index (χ0n) is 17.8. The van der Waals surface area contributed by atoms with Gasteiger partial charge in [0.1, 0.15) is 11.0 Å². The molecule has 0 aliphatic carbocycles. The van der Waals surface area contributed by atoms with E-state index in [1.54, 1.807) is 23.0 Å². The molecule has 0 saturated carbocycles. The second-order valence-corrected chi connectivity index (χ2v) is 9.37. The van der Waals surface area contributed by atoms with E-state index in [4.69, 9.17) is 23.8 Å². The molecular weight excluding hydrogens is 534 g/mol. The van der Waals surface area contributed by atoms with Gasteiger partial charge in [-0.2, -0.15) is 4.80 Å². The number of nitrogens with zero attached hydrogens (tertiary/aromatic N) is 3. The highest BCUT2D eigenvalue weighted by Crippen LogP contribution is 2.27. The van der Waals surface area contributed by atoms with Gasteiger partial charge in [0.15, 0.2) is 5.11 Å². The summed E-state index contributed by atoms with van der Waals surface area (Å²) in [5.41, 5.74) is 4.44. The van der Waals surface area contributed by atoms with Crippen LogP contribution in [0.1, 0.15) is 15.9 Å². The van der Waals surface area contributed by atoms with Crippen LogP contribution in [0.4, 0.5) is 5.69 Å². The lowest BCUT2D eigenvalue weighted by Crippen LogP contribution is -2.34. The quantitative estimate of drug-likeness (QED) is 0.254. The number of amides is 1. The summed E-state index contributed by atoms with van der Waals surface area (Å²) in [5, 5.41) is 17.6. The van der Waals surface area contributed by atoms with Crippen molar-refractivity contribution < 1.29 is 4.79 Å². The van der Waals surface area contributed by atoms with Crippen molar-refractivity contribution in [2.45, 2.75) is 6.92 Å². The Kier molecular flexibility index (Phi) is 6.03. The third-order valence-corrected chi connectivity index (χ3v) is 6.52. The molecule has 2 N–H and O–H groups in total. The minimum absolute atomic E-state index is 0.199. The maximum Gasteiger partial charge on any atom is 0.258 e. The molecule has 1 heterocycles. The first-order chi connectivity index (χ1) is 16.4. The zero-order chi connectivity index (χ0) is 23.8. The number of halogens is 2. The van der Waals surface area contributed by atoms with Crippen molar-refractivity contribution in [2.75, 3.05) is 5.32 Å². The molecule has 1 aromatic heterocycles. The summed E-state index contributed by atoms with van der Waals surface area (Å²) < 4.78 is 0.927. The Morgan fingerprint density at radius 1 is 0.971 bits per heavy atom. The van der Waals surface area contributed by atoms with Gasteiger partial charge in [-0.1, -0.05) is 51.8 Å². The molecule has 0 aliphatic rings. The number of benzene rings is 4. The van der Waals surface area contributed by atoms with Gasteiger partial charge >= 0.3 is 0 Å². The number of hydrogen-bond acceptors (Lipinski definition) is 4. The Labute approximate surface area is 214 Å². The normalized spacial score (nSPS) is 11.0. The van der Waals surface area contributed by atoms with Crippen LogP contribution in [0.3, 0.4) is 0 Å². The lowest BCUT2D eigenvalue weighted by atomic mass is 10.0. The van der Waals surface area contributed by atoms with Crippen LogP contribution in [0.15, 0.2) is 77.3 Å². The van der Waals surface area contributed by atoms with E-state index < -0.39 is 0 Å². The predicted octanol–water partition coefficient (Wildman–Crippen LogP) is 6.42. The second kappa shape index (κ2) is 9.13. The van der Waals surface area contributed by atoms with Crippen molar-refractivity contribution in [3.8, 4) is 5.69 Å². The Morgan fingerprint density at radius 3 is 2.41 bits per heavy atom. The lowest BCUT2D eigenvalue weighted by molar-refractivity contribution is 0.0979. The molecule has 34 heavy (non-hydrogen) atoms. The fourth-order valence-corrected chi connectivity index (χ4v) is 4.51. The monoisotopic (exact) mass is 549 g/mol. The minimum atomic E-state index is -0.284. The Bertz CT molecular complexity index is 1580. The van der Waals surface area contributed by atoms with E-state index in [1.165, 1.54) is 0 Å². The van der Waals surface area contributed by atoms with Crippen molar-refractivity contribution in [3.05, 3.63) is 93.4 Å². The molecule has 0 aliphatic heterocycles. The molecular formula is C25H17BrClN5OS. The van der Waals surface area contributed by atoms with E-state index in [0.717, 1.165) is 37.7 Å². The number of aryl methyl sites for hydroxylation is 1. The molecule has 4 aromatic carbocycles. The van der Waals surface area contributed by atoms with Gasteiger partial charge in [-0.05, 0) is 84.0 Å². The largest absolute Gasteiger partial charge is 0.332 e. The minimum Gasteiger partial charge on any atom is -0.332 e. The molecule has 5 rings (SSSR count). The molecule has 168 valence electrons. The smallest absolute Gasteiger partial charge is 0.258 e. The summed E-state index contributed by atoms with van der Waals surface area (Å²) in [6, 6.07) is 22.4. The molecule has 9 heteroatoms. The van der Waals surface area contributed by atoms with E-state index >= 15 is 0 Å². The fourth-order valence-electron chi connectivity index (χ4n) is 3.69. The molecule has 0 bridgehead atoms. The SMILES string of the molecule is Cc1cc2nn(-c3ccc(Cl)cc3)nc2cc1NC(=S)NC(=O)c1cccc2c(Br)cccc12. The first-order valence-corrected chi connectivity index (χ1v) is 11.9. The lowest BCUT2D eigenvalue weighted by Gasteiger charge is -2.13. The topological polar surface area (TPSA) is 71.8 Å². The number of carbonyl (C=O) groups excluding carboxylic acids is 1. The average molecular weight is 551 g/mol. The van der Waals surface area contributed by atoms with Gasteiger partial charge in [-0.15, -0.1) is 10.2 Å². The highest BCUT2D eigenvalue weighted by atomic mass is 79.9. The standard InChI is InChI=1S/C25H17BrClN5OS/c1-14-12-22-23(31-32(30-22)16-10-8-15(27)9-11-16)13-21(14)28-25(34)29-24(33)19-6-2-5-18-17(19)4-3-7-20(18)26/h2-13H,1H3,(H2,28,29,33,34). The number of thiocarbonyl (C=S) groups is 1. The van der Waals surface area contributed by atoms with Gasteiger partial charge < -0.3 is 5.32 Å². The molecule has 6 nitrogen and oxygen atoms in total. The molecule has 1 amide bonds. The van der Waals surface area contributed by atoms with Crippen molar-refractivity contribution in [1.29, 1.82) is 0 Å². The van der Waals surface area contributed by atoms with Gasteiger partial charge in [-0.3, -0.25) is 10.1 Å². The number of rotatable bonds is 3. The summed E-state index contributed by atoms with van der Waals surface area (Å²) in [7, 11) is 0. The Morgan fingerprint density at radius 2 is 1.65 bits per heavy atom. The Balaban J connectivity index is 1.37. The van der Waals surface area contributed by atoms with Crippen LogP contribution in [0.2, 0.25) is 5.02 Å². The predicted molar refractivity (Wildman–Crippen MR) is 144 cm³/mol. The number of carbonyl (C=O) groups is 1. The Hall–Kier alpha value is -3.33. The number of fused-ring (bicyclic) bond motifs is 2. The maximum absolute atomic E-state index is 13.0. The third kappa shape index (κ3) is 4.40. The van der Waals surface area contributed by atoms with Crippen molar-refractivity contribution >= 4 is 78.3 Å². The van der Waals surface area contributed by atoms with Gasteiger partial charge in [0.25, 0.3) is 5.91 Å². The van der Waals surface area contributed by atoms with Crippen molar-refractivity contribution in [2.24, 2.45) is 0 Å². The number of nitrogens with one attached hydrogen (secondary N) is 2. The average Bonchev–Trinajstić information content (AvgIpc) is 3.22. The highest BCUT2D eigenvalue weighted by molar-refractivity contribution is 9.10. The van der Waals surface area contributed by atoms with Gasteiger partial charge in [0, 0.05) is 20.7 Å². The maximum atomic E-state index is 13.0. The van der Waals surface area contributed by atoms with Crippen molar-refractivity contribution in [3.63, 3.8) is 0 Å². The summed E-state index contributed by atoms with van der Waals surface area (Å²) >= 11 is 14.9. The molecule has 0 fully saturated rings. The molecule has 0 unspecified atom stereocenters. The number of aromatic nitrogens is 3. The zero-order valence-corrected chi connectivity index (χ0v) is 21.0. The summed E-state index contributed by atoms with van der Waals surface area (Å²) in [6.07, 6.45) is 0. The highest BCUT2D eigenvalue weighted by Gasteiger charge is 2.14. The van der Waals surface area contributed by atoms with Crippen LogP contribution < -0.4 is 10.6 Å². The summed E-state index contributed by atoms with van der Waals surface area (Å²) in [6.45, 7) is 1.94. The first kappa shape index (κ1) is 22.5. The van der Waals surface area contributed by atoms with Gasteiger partial charge in [0.2, 0.25) is 0 Å². The van der Waals surface area contributed by atoms with E-state index in [0.29, 0.717) is 16.1 Å². The van der Waals surface area contributed by atoms with Crippen LogP contribution in [0.5, 0.6) is 0 Å². The van der Waals surface area contributed by atoms with E-state index in [9.17, 15) is 4.79 Å². The summed E-state index contributed by atoms with van der Waals surface area (Å²) in [4.78, 5) is 14.5. The van der Waals surface area contributed by atoms with Crippen LogP contribution in [-0.2, 0) is 0 Å².